The van der Waals surface area contributed by atoms with Crippen molar-refractivity contribution in [1.29, 1.82) is 0 Å². The summed E-state index contributed by atoms with van der Waals surface area (Å²) in [6, 6.07) is 3.52. The van der Waals surface area contributed by atoms with Gasteiger partial charge in [0.25, 0.3) is 5.89 Å². The van der Waals surface area contributed by atoms with E-state index in [1.54, 1.807) is 22.7 Å². The fourth-order valence-corrected chi connectivity index (χ4v) is 2.02. The molecule has 8 nitrogen and oxygen atoms in total. The first-order valence-corrected chi connectivity index (χ1v) is 6.56. The van der Waals surface area contributed by atoms with E-state index < -0.39 is 5.97 Å². The largest absolute Gasteiger partial charge is 0.481 e. The third-order valence-electron chi connectivity index (χ3n) is 2.97. The zero-order valence-corrected chi connectivity index (χ0v) is 11.4. The number of nitrogens with zero attached hydrogens (tertiary/aromatic N) is 5. The Bertz CT molecular complexity index is 792. The summed E-state index contributed by atoms with van der Waals surface area (Å²) in [5.74, 6) is 0.447. The van der Waals surface area contributed by atoms with Crippen LogP contribution >= 0.6 is 0 Å². The Labute approximate surface area is 119 Å². The van der Waals surface area contributed by atoms with Crippen molar-refractivity contribution in [1.82, 2.24) is 24.7 Å². The quantitative estimate of drug-likeness (QED) is 0.755. The normalized spacial score (nSPS) is 11.1. The van der Waals surface area contributed by atoms with Crippen LogP contribution in [-0.4, -0.2) is 35.8 Å². The molecule has 0 aliphatic carbocycles. The van der Waals surface area contributed by atoms with Crippen molar-refractivity contribution in [3.05, 3.63) is 30.0 Å². The molecule has 0 amide bonds. The number of rotatable bonds is 5. The highest BCUT2D eigenvalue weighted by atomic mass is 16.5. The zero-order chi connectivity index (χ0) is 14.8. The predicted molar refractivity (Wildman–Crippen MR) is 71.6 cm³/mol. The molecular formula is C13H13N5O3. The van der Waals surface area contributed by atoms with Gasteiger partial charge in [-0.25, -0.2) is 0 Å². The maximum atomic E-state index is 10.8. The van der Waals surface area contributed by atoms with Crippen molar-refractivity contribution in [2.75, 3.05) is 0 Å². The number of hydrogen-bond acceptors (Lipinski definition) is 6. The molecule has 3 heterocycles. The summed E-state index contributed by atoms with van der Waals surface area (Å²) in [5.41, 5.74) is 1.27. The SMILES string of the molecule is CCCc1noc(-c2ccc3nnc(CC(=O)O)n3c2)n1. The minimum atomic E-state index is -0.960. The Morgan fingerprint density at radius 3 is 3.00 bits per heavy atom. The summed E-state index contributed by atoms with van der Waals surface area (Å²) in [6.45, 7) is 2.04. The summed E-state index contributed by atoms with van der Waals surface area (Å²) < 4.78 is 6.84. The van der Waals surface area contributed by atoms with E-state index in [-0.39, 0.29) is 6.42 Å². The summed E-state index contributed by atoms with van der Waals surface area (Å²) >= 11 is 0. The minimum Gasteiger partial charge on any atom is -0.481 e. The number of carboxylic acid groups (broad SMARTS) is 1. The molecule has 0 spiro atoms. The molecule has 3 aromatic rings. The fourth-order valence-electron chi connectivity index (χ4n) is 2.02. The van der Waals surface area contributed by atoms with E-state index in [4.69, 9.17) is 9.63 Å². The number of pyridine rings is 1. The van der Waals surface area contributed by atoms with Gasteiger partial charge in [0, 0.05) is 12.6 Å². The Morgan fingerprint density at radius 2 is 2.24 bits per heavy atom. The van der Waals surface area contributed by atoms with Crippen molar-refractivity contribution in [3.63, 3.8) is 0 Å². The average molecular weight is 287 g/mol. The van der Waals surface area contributed by atoms with Gasteiger partial charge in [-0.3, -0.25) is 9.20 Å². The van der Waals surface area contributed by atoms with Crippen LogP contribution in [0.2, 0.25) is 0 Å². The van der Waals surface area contributed by atoms with E-state index in [1.807, 2.05) is 6.92 Å². The predicted octanol–water partition coefficient (Wildman–Crippen LogP) is 1.36. The first kappa shape index (κ1) is 13.2. The minimum absolute atomic E-state index is 0.199. The Balaban J connectivity index is 2.00. The van der Waals surface area contributed by atoms with Gasteiger partial charge in [-0.05, 0) is 18.6 Å². The van der Waals surface area contributed by atoms with E-state index >= 15 is 0 Å². The summed E-state index contributed by atoms with van der Waals surface area (Å²) in [5, 5.41) is 20.6. The first-order valence-electron chi connectivity index (χ1n) is 6.56. The highest BCUT2D eigenvalue weighted by Crippen LogP contribution is 2.19. The fraction of sp³-hybridized carbons (Fsp3) is 0.308. The van der Waals surface area contributed by atoms with Gasteiger partial charge < -0.3 is 9.63 Å². The molecule has 21 heavy (non-hydrogen) atoms. The molecule has 0 saturated carbocycles. The molecular weight excluding hydrogens is 274 g/mol. The number of aromatic nitrogens is 5. The second kappa shape index (κ2) is 5.31. The van der Waals surface area contributed by atoms with Gasteiger partial charge >= 0.3 is 5.97 Å². The van der Waals surface area contributed by atoms with Gasteiger partial charge in [0.05, 0.1) is 5.56 Å². The van der Waals surface area contributed by atoms with Crippen LogP contribution in [0.1, 0.15) is 25.0 Å². The number of hydrogen-bond donors (Lipinski definition) is 1. The van der Waals surface area contributed by atoms with Gasteiger partial charge in [-0.15, -0.1) is 10.2 Å². The van der Waals surface area contributed by atoms with Crippen LogP contribution in [0.3, 0.4) is 0 Å². The molecule has 0 saturated heterocycles. The summed E-state index contributed by atoms with van der Waals surface area (Å²) in [4.78, 5) is 15.1. The molecule has 3 rings (SSSR count). The lowest BCUT2D eigenvalue weighted by molar-refractivity contribution is -0.136. The van der Waals surface area contributed by atoms with Crippen molar-refractivity contribution in [2.24, 2.45) is 0 Å². The number of carboxylic acids is 1. The molecule has 0 aliphatic heterocycles. The van der Waals surface area contributed by atoms with Gasteiger partial charge in [0.15, 0.2) is 11.5 Å². The van der Waals surface area contributed by atoms with Crippen LogP contribution in [0.25, 0.3) is 17.1 Å². The third kappa shape index (κ3) is 2.60. The number of aliphatic carboxylic acids is 1. The second-order valence-electron chi connectivity index (χ2n) is 4.60. The van der Waals surface area contributed by atoms with Crippen LogP contribution in [0, 0.1) is 0 Å². The van der Waals surface area contributed by atoms with Crippen LogP contribution in [0.4, 0.5) is 0 Å². The lowest BCUT2D eigenvalue weighted by Gasteiger charge is -1.99. The third-order valence-corrected chi connectivity index (χ3v) is 2.97. The van der Waals surface area contributed by atoms with Crippen LogP contribution in [0.5, 0.6) is 0 Å². The van der Waals surface area contributed by atoms with E-state index in [2.05, 4.69) is 20.3 Å². The molecule has 0 aliphatic rings. The van der Waals surface area contributed by atoms with Crippen LogP contribution in [0.15, 0.2) is 22.9 Å². The van der Waals surface area contributed by atoms with E-state index in [0.717, 1.165) is 12.8 Å². The monoisotopic (exact) mass is 287 g/mol. The van der Waals surface area contributed by atoms with Crippen molar-refractivity contribution in [2.45, 2.75) is 26.2 Å². The molecule has 0 fully saturated rings. The zero-order valence-electron chi connectivity index (χ0n) is 11.4. The van der Waals surface area contributed by atoms with Crippen LogP contribution < -0.4 is 0 Å². The molecule has 0 aromatic carbocycles. The highest BCUT2D eigenvalue weighted by Gasteiger charge is 2.13. The van der Waals surface area contributed by atoms with Crippen molar-refractivity contribution >= 4 is 11.6 Å². The molecule has 0 unspecified atom stereocenters. The molecule has 3 aromatic heterocycles. The van der Waals surface area contributed by atoms with Crippen molar-refractivity contribution < 1.29 is 14.4 Å². The molecule has 1 N–H and O–H groups in total. The van der Waals surface area contributed by atoms with E-state index in [1.165, 1.54) is 0 Å². The van der Waals surface area contributed by atoms with Crippen LogP contribution in [-0.2, 0) is 17.6 Å². The first-order chi connectivity index (χ1) is 10.2. The Morgan fingerprint density at radius 1 is 1.38 bits per heavy atom. The molecule has 0 radical (unpaired) electrons. The maximum Gasteiger partial charge on any atom is 0.311 e. The lowest BCUT2D eigenvalue weighted by Crippen LogP contribution is -2.04. The smallest absolute Gasteiger partial charge is 0.311 e. The molecule has 8 heteroatoms. The molecule has 0 bridgehead atoms. The van der Waals surface area contributed by atoms with Gasteiger partial charge in [-0.2, -0.15) is 4.98 Å². The number of fused-ring (bicyclic) bond motifs is 1. The maximum absolute atomic E-state index is 10.8. The summed E-state index contributed by atoms with van der Waals surface area (Å²) in [7, 11) is 0. The lowest BCUT2D eigenvalue weighted by atomic mass is 10.2. The van der Waals surface area contributed by atoms with Gasteiger partial charge in [-0.1, -0.05) is 12.1 Å². The number of aryl methyl sites for hydroxylation is 1. The van der Waals surface area contributed by atoms with E-state index in [0.29, 0.717) is 28.8 Å². The van der Waals surface area contributed by atoms with E-state index in [9.17, 15) is 4.79 Å². The Kier molecular flexibility index (Phi) is 3.35. The standard InChI is InChI=1S/C13H13N5O3/c1-2-3-9-14-13(21-17-9)8-4-5-10-15-16-11(6-12(19)20)18(10)7-8/h4-5,7H,2-3,6H2,1H3,(H,19,20). The summed E-state index contributed by atoms with van der Waals surface area (Å²) in [6.07, 6.45) is 3.20. The van der Waals surface area contributed by atoms with Gasteiger partial charge in [0.1, 0.15) is 12.2 Å². The second-order valence-corrected chi connectivity index (χ2v) is 4.60. The van der Waals surface area contributed by atoms with Gasteiger partial charge in [0.2, 0.25) is 0 Å². The average Bonchev–Trinajstić information content (AvgIpc) is 3.06. The highest BCUT2D eigenvalue weighted by molar-refractivity contribution is 5.69. The molecule has 0 atom stereocenters. The van der Waals surface area contributed by atoms with Crippen molar-refractivity contribution in [3.8, 4) is 11.5 Å². The Hall–Kier alpha value is -2.77. The topological polar surface area (TPSA) is 106 Å². The molecule has 108 valence electrons. The number of carbonyl (C=O) groups is 1.